The summed E-state index contributed by atoms with van der Waals surface area (Å²) in [7, 11) is 0. The van der Waals surface area contributed by atoms with Gasteiger partial charge in [-0.2, -0.15) is 5.26 Å². The quantitative estimate of drug-likeness (QED) is 0.703. The van der Waals surface area contributed by atoms with Gasteiger partial charge in [-0.15, -0.1) is 0 Å². The second kappa shape index (κ2) is 5.64. The van der Waals surface area contributed by atoms with E-state index in [1.54, 1.807) is 0 Å². The second-order valence-corrected chi connectivity index (χ2v) is 4.00. The molecule has 14 heavy (non-hydrogen) atoms. The van der Waals surface area contributed by atoms with Crippen molar-refractivity contribution in [1.29, 1.82) is 5.26 Å². The van der Waals surface area contributed by atoms with E-state index in [-0.39, 0.29) is 11.8 Å². The molecule has 0 aromatic rings. The number of hydrogen-bond donors (Lipinski definition) is 1. The maximum atomic E-state index is 11.3. The summed E-state index contributed by atoms with van der Waals surface area (Å²) >= 11 is 0. The fraction of sp³-hybridized carbons (Fsp3) is 0.818. The summed E-state index contributed by atoms with van der Waals surface area (Å²) in [5.41, 5.74) is 0. The van der Waals surface area contributed by atoms with Crippen LogP contribution in [0, 0.1) is 17.2 Å². The molecule has 78 valence electrons. The van der Waals surface area contributed by atoms with Crippen LogP contribution in [0.4, 0.5) is 0 Å². The van der Waals surface area contributed by atoms with Crippen molar-refractivity contribution in [3.05, 3.63) is 0 Å². The van der Waals surface area contributed by atoms with Crippen molar-refractivity contribution in [2.75, 3.05) is 0 Å². The number of carbonyl (C=O) groups is 1. The van der Waals surface area contributed by atoms with Gasteiger partial charge < -0.3 is 5.32 Å². The summed E-state index contributed by atoms with van der Waals surface area (Å²) in [6.45, 7) is 2.06. The van der Waals surface area contributed by atoms with E-state index < -0.39 is 0 Å². The van der Waals surface area contributed by atoms with E-state index in [9.17, 15) is 4.79 Å². The summed E-state index contributed by atoms with van der Waals surface area (Å²) in [5, 5.41) is 11.7. The van der Waals surface area contributed by atoms with Gasteiger partial charge in [0.25, 0.3) is 0 Å². The fourth-order valence-electron chi connectivity index (χ4n) is 1.45. The average molecular weight is 194 g/mol. The number of nitrogens with one attached hydrogen (secondary N) is 1. The van der Waals surface area contributed by atoms with Crippen LogP contribution >= 0.6 is 0 Å². The molecule has 1 fully saturated rings. The summed E-state index contributed by atoms with van der Waals surface area (Å²) in [6.07, 6.45) is 5.40. The molecule has 1 aliphatic carbocycles. The Bertz CT molecular complexity index is 228. The standard InChI is InChI=1S/C11H18N2O/c1-2-3-9(8-12)4-7-11(14)13-10-5-6-10/h9-10H,2-7H2,1H3,(H,13,14). The maximum absolute atomic E-state index is 11.3. The third-order valence-electron chi connectivity index (χ3n) is 2.48. The minimum absolute atomic E-state index is 0.0601. The fourth-order valence-corrected chi connectivity index (χ4v) is 1.45. The van der Waals surface area contributed by atoms with Crippen LogP contribution < -0.4 is 5.32 Å². The Morgan fingerprint density at radius 1 is 1.57 bits per heavy atom. The second-order valence-electron chi connectivity index (χ2n) is 4.00. The molecule has 0 spiro atoms. The van der Waals surface area contributed by atoms with E-state index in [2.05, 4.69) is 18.3 Å². The van der Waals surface area contributed by atoms with E-state index >= 15 is 0 Å². The first-order valence-electron chi connectivity index (χ1n) is 5.45. The van der Waals surface area contributed by atoms with Crippen molar-refractivity contribution >= 4 is 5.91 Å². The van der Waals surface area contributed by atoms with Crippen molar-refractivity contribution < 1.29 is 4.79 Å². The van der Waals surface area contributed by atoms with Gasteiger partial charge in [0.1, 0.15) is 0 Å². The molecule has 1 atom stereocenters. The highest BCUT2D eigenvalue weighted by molar-refractivity contribution is 5.76. The molecule has 0 bridgehead atoms. The zero-order valence-corrected chi connectivity index (χ0v) is 8.75. The third-order valence-corrected chi connectivity index (χ3v) is 2.48. The lowest BCUT2D eigenvalue weighted by Gasteiger charge is -2.07. The number of rotatable bonds is 6. The lowest BCUT2D eigenvalue weighted by atomic mass is 9.99. The Hall–Kier alpha value is -1.04. The minimum Gasteiger partial charge on any atom is -0.353 e. The summed E-state index contributed by atoms with van der Waals surface area (Å²) in [5.74, 6) is 0.175. The highest BCUT2D eigenvalue weighted by Crippen LogP contribution is 2.19. The van der Waals surface area contributed by atoms with Gasteiger partial charge in [0, 0.05) is 18.4 Å². The third kappa shape index (κ3) is 4.27. The molecule has 3 heteroatoms. The van der Waals surface area contributed by atoms with Crippen LogP contribution in [0.1, 0.15) is 45.4 Å². The zero-order chi connectivity index (χ0) is 10.4. The van der Waals surface area contributed by atoms with Gasteiger partial charge in [-0.25, -0.2) is 0 Å². The molecule has 3 nitrogen and oxygen atoms in total. The Labute approximate surface area is 85.5 Å². The first kappa shape index (κ1) is 11.0. The van der Waals surface area contributed by atoms with Crippen LogP contribution in [0.25, 0.3) is 0 Å². The van der Waals surface area contributed by atoms with Crippen molar-refractivity contribution in [3.63, 3.8) is 0 Å². The zero-order valence-electron chi connectivity index (χ0n) is 8.75. The van der Waals surface area contributed by atoms with Crippen LogP contribution in [0.2, 0.25) is 0 Å². The summed E-state index contributed by atoms with van der Waals surface area (Å²) in [4.78, 5) is 11.3. The molecule has 1 N–H and O–H groups in total. The van der Waals surface area contributed by atoms with Crippen LogP contribution in [-0.4, -0.2) is 11.9 Å². The number of nitrogens with zero attached hydrogens (tertiary/aromatic N) is 1. The number of nitriles is 1. The molecule has 0 aromatic carbocycles. The number of amides is 1. The van der Waals surface area contributed by atoms with Crippen molar-refractivity contribution in [1.82, 2.24) is 5.32 Å². The monoisotopic (exact) mass is 194 g/mol. The lowest BCUT2D eigenvalue weighted by Crippen LogP contribution is -2.25. The minimum atomic E-state index is 0.0601. The van der Waals surface area contributed by atoms with E-state index in [0.717, 1.165) is 25.7 Å². The molecule has 1 unspecified atom stereocenters. The molecule has 1 rings (SSSR count). The van der Waals surface area contributed by atoms with Crippen LogP contribution in [0.5, 0.6) is 0 Å². The molecule has 0 saturated heterocycles. The molecule has 0 heterocycles. The first-order chi connectivity index (χ1) is 6.76. The van der Waals surface area contributed by atoms with Gasteiger partial charge in [0.15, 0.2) is 0 Å². The maximum Gasteiger partial charge on any atom is 0.220 e. The molecule has 1 saturated carbocycles. The Morgan fingerprint density at radius 3 is 2.79 bits per heavy atom. The first-order valence-corrected chi connectivity index (χ1v) is 5.45. The molecular formula is C11H18N2O. The van der Waals surface area contributed by atoms with Gasteiger partial charge in [-0.1, -0.05) is 13.3 Å². The molecule has 1 amide bonds. The smallest absolute Gasteiger partial charge is 0.220 e. The average Bonchev–Trinajstić information content (AvgIpc) is 2.96. The molecule has 1 aliphatic rings. The predicted molar refractivity (Wildman–Crippen MR) is 54.4 cm³/mol. The van der Waals surface area contributed by atoms with Crippen molar-refractivity contribution in [2.24, 2.45) is 5.92 Å². The van der Waals surface area contributed by atoms with Gasteiger partial charge >= 0.3 is 0 Å². The molecule has 0 radical (unpaired) electrons. The topological polar surface area (TPSA) is 52.9 Å². The van der Waals surface area contributed by atoms with E-state index in [4.69, 9.17) is 5.26 Å². The van der Waals surface area contributed by atoms with Gasteiger partial charge in [0.05, 0.1) is 6.07 Å². The highest BCUT2D eigenvalue weighted by atomic mass is 16.1. The van der Waals surface area contributed by atoms with E-state index in [0.29, 0.717) is 18.9 Å². The number of hydrogen-bond acceptors (Lipinski definition) is 2. The summed E-state index contributed by atoms with van der Waals surface area (Å²) in [6, 6.07) is 2.69. The highest BCUT2D eigenvalue weighted by Gasteiger charge is 2.23. The van der Waals surface area contributed by atoms with E-state index in [1.807, 2.05) is 0 Å². The Balaban J connectivity index is 2.10. The van der Waals surface area contributed by atoms with Crippen LogP contribution in [-0.2, 0) is 4.79 Å². The normalized spacial score (nSPS) is 17.1. The van der Waals surface area contributed by atoms with Gasteiger partial charge in [-0.05, 0) is 25.7 Å². The van der Waals surface area contributed by atoms with E-state index in [1.165, 1.54) is 0 Å². The molecule has 0 aliphatic heterocycles. The SMILES string of the molecule is CCCC(C#N)CCC(=O)NC1CC1. The lowest BCUT2D eigenvalue weighted by molar-refractivity contribution is -0.121. The van der Waals surface area contributed by atoms with Crippen LogP contribution in [0.3, 0.4) is 0 Å². The van der Waals surface area contributed by atoms with Gasteiger partial charge in [-0.3, -0.25) is 4.79 Å². The van der Waals surface area contributed by atoms with Gasteiger partial charge in [0.2, 0.25) is 5.91 Å². The Morgan fingerprint density at radius 2 is 2.29 bits per heavy atom. The molecular weight excluding hydrogens is 176 g/mol. The number of carbonyl (C=O) groups excluding carboxylic acids is 1. The Kier molecular flexibility index (Phi) is 4.45. The predicted octanol–water partition coefficient (Wildman–Crippen LogP) is 1.99. The largest absolute Gasteiger partial charge is 0.353 e. The molecule has 0 aromatic heterocycles. The van der Waals surface area contributed by atoms with Crippen molar-refractivity contribution in [3.8, 4) is 6.07 Å². The van der Waals surface area contributed by atoms with Crippen molar-refractivity contribution in [2.45, 2.75) is 51.5 Å². The van der Waals surface area contributed by atoms with Crippen LogP contribution in [0.15, 0.2) is 0 Å². The summed E-state index contributed by atoms with van der Waals surface area (Å²) < 4.78 is 0.